The Morgan fingerprint density at radius 1 is 1.27 bits per heavy atom. The van der Waals surface area contributed by atoms with Gasteiger partial charge in [-0.2, -0.15) is 5.26 Å². The number of nitrogens with one attached hydrogen (secondary N) is 1. The number of aromatic amines is 1. The number of nitrogens with zero attached hydrogens (tertiary/aromatic N) is 2. The normalized spacial score (nSPS) is 11.9. The average Bonchev–Trinajstić information content (AvgIpc) is 2.63. The van der Waals surface area contributed by atoms with E-state index in [1.165, 1.54) is 0 Å². The second kappa shape index (κ2) is 6.73. The Morgan fingerprint density at radius 2 is 1.77 bits per heavy atom. The van der Waals surface area contributed by atoms with E-state index in [0.717, 1.165) is 4.90 Å². The summed E-state index contributed by atoms with van der Waals surface area (Å²) >= 11 is 0. The highest BCUT2D eigenvalue weighted by atomic mass is 16.4. The van der Waals surface area contributed by atoms with Gasteiger partial charge < -0.3 is 20.9 Å². The van der Waals surface area contributed by atoms with Crippen molar-refractivity contribution in [2.75, 3.05) is 13.1 Å². The Kier molecular flexibility index (Phi) is 5.26. The number of nitriles is 1. The molecule has 0 bridgehead atoms. The minimum absolute atomic E-state index is 0.104. The second-order valence-electron chi connectivity index (χ2n) is 4.77. The van der Waals surface area contributed by atoms with Gasteiger partial charge in [-0.25, -0.2) is 0 Å². The molecule has 1 amide bonds. The average molecular weight is 308 g/mol. The summed E-state index contributed by atoms with van der Waals surface area (Å²) in [7, 11) is 0. The number of carbonyl (C=O) groups is 3. The standard InChI is InChI=1S/C13H16N4O5/c1-6-7(2)16-11(8(6)3-14)12(13(15)22)17(4-9(18)19)5-10(20)21/h12,16H,4-5H2,1-2H3,(H2,15,22)(H,18,19)(H,20,21). The van der Waals surface area contributed by atoms with Crippen LogP contribution in [-0.2, 0) is 14.4 Å². The Bertz CT molecular complexity index is 642. The van der Waals surface area contributed by atoms with E-state index in [4.69, 9.17) is 15.9 Å². The summed E-state index contributed by atoms with van der Waals surface area (Å²) in [6.45, 7) is 1.92. The van der Waals surface area contributed by atoms with Crippen molar-refractivity contribution in [2.45, 2.75) is 19.9 Å². The van der Waals surface area contributed by atoms with E-state index in [1.54, 1.807) is 13.8 Å². The third-order valence-electron chi connectivity index (χ3n) is 3.23. The fourth-order valence-electron chi connectivity index (χ4n) is 2.19. The highest BCUT2D eigenvalue weighted by molar-refractivity contribution is 5.84. The van der Waals surface area contributed by atoms with Crippen LogP contribution in [0.5, 0.6) is 0 Å². The topological polar surface area (TPSA) is 161 Å². The van der Waals surface area contributed by atoms with Crippen molar-refractivity contribution in [2.24, 2.45) is 5.73 Å². The van der Waals surface area contributed by atoms with E-state index in [0.29, 0.717) is 11.3 Å². The Balaban J connectivity index is 3.40. The number of rotatable bonds is 7. The SMILES string of the molecule is Cc1[nH]c(C(C(N)=O)N(CC(=O)O)CC(=O)O)c(C#N)c1C. The number of hydrogen-bond acceptors (Lipinski definition) is 5. The maximum Gasteiger partial charge on any atom is 0.317 e. The van der Waals surface area contributed by atoms with Gasteiger partial charge in [0.25, 0.3) is 0 Å². The summed E-state index contributed by atoms with van der Waals surface area (Å²) in [6.07, 6.45) is 0. The van der Waals surface area contributed by atoms with Gasteiger partial charge in [0.2, 0.25) is 5.91 Å². The molecule has 1 aromatic heterocycles. The summed E-state index contributed by atoms with van der Waals surface area (Å²) in [5.41, 5.74) is 6.77. The molecule has 0 saturated heterocycles. The molecule has 22 heavy (non-hydrogen) atoms. The van der Waals surface area contributed by atoms with Gasteiger partial charge in [-0.3, -0.25) is 19.3 Å². The van der Waals surface area contributed by atoms with E-state index < -0.39 is 37.0 Å². The van der Waals surface area contributed by atoms with Crippen LogP contribution in [0.25, 0.3) is 0 Å². The number of carboxylic acid groups (broad SMARTS) is 2. The molecule has 0 fully saturated rings. The summed E-state index contributed by atoms with van der Waals surface area (Å²) < 4.78 is 0. The zero-order valence-corrected chi connectivity index (χ0v) is 12.1. The number of aryl methyl sites for hydroxylation is 1. The Morgan fingerprint density at radius 3 is 2.14 bits per heavy atom. The third kappa shape index (κ3) is 3.62. The van der Waals surface area contributed by atoms with Crippen molar-refractivity contribution in [3.05, 3.63) is 22.5 Å². The number of hydrogen-bond donors (Lipinski definition) is 4. The molecular formula is C13H16N4O5. The van der Waals surface area contributed by atoms with Gasteiger partial charge in [-0.05, 0) is 19.4 Å². The summed E-state index contributed by atoms with van der Waals surface area (Å²) in [5, 5.41) is 27.0. The van der Waals surface area contributed by atoms with Gasteiger partial charge in [-0.15, -0.1) is 0 Å². The van der Waals surface area contributed by atoms with Crippen molar-refractivity contribution in [3.63, 3.8) is 0 Å². The molecule has 0 radical (unpaired) electrons. The lowest BCUT2D eigenvalue weighted by Crippen LogP contribution is -2.43. The third-order valence-corrected chi connectivity index (χ3v) is 3.23. The number of aliphatic carboxylic acids is 2. The first-order valence-electron chi connectivity index (χ1n) is 6.25. The number of carbonyl (C=O) groups excluding carboxylic acids is 1. The lowest BCUT2D eigenvalue weighted by molar-refractivity contribution is -0.144. The minimum Gasteiger partial charge on any atom is -0.480 e. The highest BCUT2D eigenvalue weighted by Gasteiger charge is 2.33. The maximum absolute atomic E-state index is 11.8. The lowest BCUT2D eigenvalue weighted by Gasteiger charge is -2.26. The van der Waals surface area contributed by atoms with E-state index in [2.05, 4.69) is 4.98 Å². The van der Waals surface area contributed by atoms with Crippen LogP contribution in [0.3, 0.4) is 0 Å². The van der Waals surface area contributed by atoms with Crippen LogP contribution in [0, 0.1) is 25.2 Å². The fraction of sp³-hybridized carbons (Fsp3) is 0.385. The molecule has 0 aromatic carbocycles. The molecule has 1 rings (SSSR count). The second-order valence-corrected chi connectivity index (χ2v) is 4.77. The first-order chi connectivity index (χ1) is 10.2. The van der Waals surface area contributed by atoms with E-state index >= 15 is 0 Å². The van der Waals surface area contributed by atoms with Crippen LogP contribution in [-0.4, -0.2) is 51.0 Å². The molecule has 1 heterocycles. The first-order valence-corrected chi connectivity index (χ1v) is 6.25. The van der Waals surface area contributed by atoms with Crippen LogP contribution in [0.4, 0.5) is 0 Å². The molecule has 1 unspecified atom stereocenters. The zero-order chi connectivity index (χ0) is 17.0. The van der Waals surface area contributed by atoms with Gasteiger partial charge >= 0.3 is 11.9 Å². The molecule has 0 aliphatic rings. The van der Waals surface area contributed by atoms with Crippen molar-refractivity contribution in [3.8, 4) is 6.07 Å². The molecular weight excluding hydrogens is 292 g/mol. The number of nitrogens with two attached hydrogens (primary N) is 1. The van der Waals surface area contributed by atoms with Crippen molar-refractivity contribution in [1.29, 1.82) is 5.26 Å². The van der Waals surface area contributed by atoms with Crippen molar-refractivity contribution < 1.29 is 24.6 Å². The Hall–Kier alpha value is -2.86. The number of aromatic nitrogens is 1. The lowest BCUT2D eigenvalue weighted by atomic mass is 10.0. The number of primary amides is 1. The Labute approximate surface area is 125 Å². The van der Waals surface area contributed by atoms with Crippen molar-refractivity contribution >= 4 is 17.8 Å². The van der Waals surface area contributed by atoms with Crippen LogP contribution in [0.2, 0.25) is 0 Å². The molecule has 1 atom stereocenters. The number of amides is 1. The maximum atomic E-state index is 11.8. The molecule has 5 N–H and O–H groups in total. The predicted octanol–water partition coefficient (Wildman–Crippen LogP) is -0.499. The molecule has 118 valence electrons. The largest absolute Gasteiger partial charge is 0.480 e. The van der Waals surface area contributed by atoms with E-state index in [-0.39, 0.29) is 11.3 Å². The van der Waals surface area contributed by atoms with Crippen LogP contribution >= 0.6 is 0 Å². The van der Waals surface area contributed by atoms with Gasteiger partial charge in [0.15, 0.2) is 0 Å². The van der Waals surface area contributed by atoms with Crippen molar-refractivity contribution in [1.82, 2.24) is 9.88 Å². The van der Waals surface area contributed by atoms with Crippen LogP contribution in [0.15, 0.2) is 0 Å². The van der Waals surface area contributed by atoms with Crippen LogP contribution < -0.4 is 5.73 Å². The monoisotopic (exact) mass is 308 g/mol. The van der Waals surface area contributed by atoms with Gasteiger partial charge in [0, 0.05) is 5.69 Å². The highest BCUT2D eigenvalue weighted by Crippen LogP contribution is 2.27. The molecule has 0 saturated carbocycles. The molecule has 1 aromatic rings. The summed E-state index contributed by atoms with van der Waals surface area (Å²) in [4.78, 5) is 37.3. The van der Waals surface area contributed by atoms with E-state index in [9.17, 15) is 19.6 Å². The van der Waals surface area contributed by atoms with Crippen LogP contribution in [0.1, 0.15) is 28.6 Å². The minimum atomic E-state index is -1.35. The van der Waals surface area contributed by atoms with Gasteiger partial charge in [0.05, 0.1) is 24.3 Å². The summed E-state index contributed by atoms with van der Waals surface area (Å²) in [5.74, 6) is -3.57. The van der Waals surface area contributed by atoms with Gasteiger partial charge in [0.1, 0.15) is 12.1 Å². The quantitative estimate of drug-likeness (QED) is 0.528. The predicted molar refractivity (Wildman–Crippen MR) is 73.8 cm³/mol. The molecule has 0 aliphatic carbocycles. The molecule has 0 spiro atoms. The molecule has 9 nitrogen and oxygen atoms in total. The fourth-order valence-corrected chi connectivity index (χ4v) is 2.19. The first kappa shape index (κ1) is 17.2. The smallest absolute Gasteiger partial charge is 0.317 e. The molecule has 0 aliphatic heterocycles. The van der Waals surface area contributed by atoms with Gasteiger partial charge in [-0.1, -0.05) is 0 Å². The number of H-pyrrole nitrogens is 1. The molecule has 9 heteroatoms. The number of carboxylic acids is 2. The zero-order valence-electron chi connectivity index (χ0n) is 12.1. The van der Waals surface area contributed by atoms with E-state index in [1.807, 2.05) is 6.07 Å². The summed E-state index contributed by atoms with van der Waals surface area (Å²) in [6, 6.07) is 0.568.